The molecule has 1 aromatic heterocycles. The Kier molecular flexibility index (Phi) is 4.90. The normalized spacial score (nSPS) is 11.4. The molecule has 3 nitrogen and oxygen atoms in total. The molecule has 0 spiro atoms. The van der Waals surface area contributed by atoms with Gasteiger partial charge in [-0.05, 0) is 41.5 Å². The fourth-order valence-electron chi connectivity index (χ4n) is 1.16. The summed E-state index contributed by atoms with van der Waals surface area (Å²) in [6.07, 6.45) is 7.11. The van der Waals surface area contributed by atoms with E-state index in [0.29, 0.717) is 0 Å². The third-order valence-electron chi connectivity index (χ3n) is 1.95. The molecule has 0 bridgehead atoms. The van der Waals surface area contributed by atoms with Crippen LogP contribution in [0.25, 0.3) is 6.08 Å². The lowest BCUT2D eigenvalue weighted by atomic mass is 10.3. The van der Waals surface area contributed by atoms with Gasteiger partial charge in [0.2, 0.25) is 0 Å². The van der Waals surface area contributed by atoms with E-state index < -0.39 is 0 Å². The predicted molar refractivity (Wildman–Crippen MR) is 63.1 cm³/mol. The zero-order valence-electron chi connectivity index (χ0n) is 8.63. The molecule has 1 aromatic rings. The van der Waals surface area contributed by atoms with Crippen molar-refractivity contribution in [1.29, 1.82) is 0 Å². The number of nitrogens with zero attached hydrogens (tertiary/aromatic N) is 2. The molecular formula is C10H16BrN3. The summed E-state index contributed by atoms with van der Waals surface area (Å²) in [6.45, 7) is 4.17. The second kappa shape index (κ2) is 5.98. The first kappa shape index (κ1) is 11.5. The van der Waals surface area contributed by atoms with Crippen molar-refractivity contribution in [2.45, 2.75) is 13.3 Å². The molecule has 1 heterocycles. The van der Waals surface area contributed by atoms with E-state index in [-0.39, 0.29) is 0 Å². The minimum atomic E-state index is 1.03. The third kappa shape index (κ3) is 3.27. The number of hydrogen-bond acceptors (Lipinski definition) is 2. The maximum Gasteiger partial charge on any atom is 0.0745 e. The molecule has 0 fully saturated rings. The van der Waals surface area contributed by atoms with Gasteiger partial charge in [-0.1, -0.05) is 13.0 Å². The summed E-state index contributed by atoms with van der Waals surface area (Å²) in [5.41, 5.74) is 1.11. The summed E-state index contributed by atoms with van der Waals surface area (Å²) in [5, 5.41) is 7.41. The topological polar surface area (TPSA) is 29.9 Å². The monoisotopic (exact) mass is 257 g/mol. The molecule has 0 atom stereocenters. The van der Waals surface area contributed by atoms with Crippen molar-refractivity contribution in [2.75, 3.05) is 13.1 Å². The summed E-state index contributed by atoms with van der Waals surface area (Å²) in [6, 6.07) is 0. The van der Waals surface area contributed by atoms with Crippen molar-refractivity contribution >= 4 is 22.0 Å². The SMILES string of the molecule is CCNCC/C=C/c1c(Br)cnn1C. The molecule has 1 N–H and O–H groups in total. The lowest BCUT2D eigenvalue weighted by Gasteiger charge is -1.97. The van der Waals surface area contributed by atoms with Gasteiger partial charge in [-0.25, -0.2) is 0 Å². The van der Waals surface area contributed by atoms with Crippen molar-refractivity contribution < 1.29 is 0 Å². The first-order valence-corrected chi connectivity index (χ1v) is 5.59. The minimum absolute atomic E-state index is 1.03. The fraction of sp³-hybridized carbons (Fsp3) is 0.500. The van der Waals surface area contributed by atoms with Crippen LogP contribution in [0.4, 0.5) is 0 Å². The fourth-order valence-corrected chi connectivity index (χ4v) is 1.65. The lowest BCUT2D eigenvalue weighted by molar-refractivity contribution is 0.726. The van der Waals surface area contributed by atoms with Gasteiger partial charge in [-0.15, -0.1) is 0 Å². The van der Waals surface area contributed by atoms with Gasteiger partial charge in [0.05, 0.1) is 16.4 Å². The molecule has 0 saturated carbocycles. The van der Waals surface area contributed by atoms with Crippen LogP contribution in [0.3, 0.4) is 0 Å². The Morgan fingerprint density at radius 1 is 1.64 bits per heavy atom. The number of aromatic nitrogens is 2. The second-order valence-electron chi connectivity index (χ2n) is 3.05. The molecule has 1 rings (SSSR count). The largest absolute Gasteiger partial charge is 0.317 e. The Morgan fingerprint density at radius 3 is 3.00 bits per heavy atom. The molecule has 0 saturated heterocycles. The van der Waals surface area contributed by atoms with Crippen LogP contribution in [0, 0.1) is 0 Å². The average Bonchev–Trinajstić information content (AvgIpc) is 2.48. The average molecular weight is 258 g/mol. The Bertz CT molecular complexity index is 285. The quantitative estimate of drug-likeness (QED) is 0.820. The minimum Gasteiger partial charge on any atom is -0.317 e. The molecule has 0 aromatic carbocycles. The van der Waals surface area contributed by atoms with Gasteiger partial charge in [-0.2, -0.15) is 5.10 Å². The highest BCUT2D eigenvalue weighted by Crippen LogP contribution is 2.16. The maximum absolute atomic E-state index is 4.13. The summed E-state index contributed by atoms with van der Waals surface area (Å²) in [5.74, 6) is 0. The van der Waals surface area contributed by atoms with Crippen molar-refractivity contribution in [3.05, 3.63) is 22.4 Å². The molecule has 0 aliphatic carbocycles. The van der Waals surface area contributed by atoms with Gasteiger partial charge in [0.1, 0.15) is 0 Å². The van der Waals surface area contributed by atoms with Gasteiger partial charge in [0, 0.05) is 7.05 Å². The molecule has 14 heavy (non-hydrogen) atoms. The number of halogens is 1. The Labute approximate surface area is 93.3 Å². The predicted octanol–water partition coefficient (Wildman–Crippen LogP) is 2.20. The van der Waals surface area contributed by atoms with Gasteiger partial charge in [0.15, 0.2) is 0 Å². The lowest BCUT2D eigenvalue weighted by Crippen LogP contribution is -2.12. The Hall–Kier alpha value is -0.610. The number of nitrogens with one attached hydrogen (secondary N) is 1. The van der Waals surface area contributed by atoms with Crippen LogP contribution in [-0.4, -0.2) is 22.9 Å². The van der Waals surface area contributed by atoms with Gasteiger partial charge in [-0.3, -0.25) is 4.68 Å². The van der Waals surface area contributed by atoms with Crippen LogP contribution in [0.1, 0.15) is 19.0 Å². The highest BCUT2D eigenvalue weighted by molar-refractivity contribution is 9.10. The standard InChI is InChI=1S/C10H16BrN3/c1-3-12-7-5-4-6-10-9(11)8-13-14(10)2/h4,6,8,12H,3,5,7H2,1-2H3/b6-4+. The van der Waals surface area contributed by atoms with Gasteiger partial charge in [0.25, 0.3) is 0 Å². The molecule has 0 aliphatic rings. The molecule has 0 aliphatic heterocycles. The number of aryl methyl sites for hydroxylation is 1. The zero-order chi connectivity index (χ0) is 10.4. The summed E-state index contributed by atoms with van der Waals surface area (Å²) < 4.78 is 2.90. The van der Waals surface area contributed by atoms with E-state index in [9.17, 15) is 0 Å². The van der Waals surface area contributed by atoms with E-state index in [1.165, 1.54) is 0 Å². The van der Waals surface area contributed by atoms with E-state index >= 15 is 0 Å². The molecule has 0 unspecified atom stereocenters. The van der Waals surface area contributed by atoms with Crippen LogP contribution in [0.5, 0.6) is 0 Å². The van der Waals surface area contributed by atoms with Gasteiger partial charge < -0.3 is 5.32 Å². The van der Waals surface area contributed by atoms with E-state index in [4.69, 9.17) is 0 Å². The van der Waals surface area contributed by atoms with Crippen LogP contribution < -0.4 is 5.32 Å². The molecular weight excluding hydrogens is 242 g/mol. The highest BCUT2D eigenvalue weighted by Gasteiger charge is 2.00. The molecule has 0 radical (unpaired) electrons. The highest BCUT2D eigenvalue weighted by atomic mass is 79.9. The summed E-state index contributed by atoms with van der Waals surface area (Å²) in [7, 11) is 1.94. The van der Waals surface area contributed by atoms with Crippen molar-refractivity contribution in [1.82, 2.24) is 15.1 Å². The van der Waals surface area contributed by atoms with Crippen LogP contribution in [0.15, 0.2) is 16.7 Å². The number of rotatable bonds is 5. The van der Waals surface area contributed by atoms with E-state index in [1.807, 2.05) is 17.9 Å². The van der Waals surface area contributed by atoms with Gasteiger partial charge >= 0.3 is 0 Å². The van der Waals surface area contributed by atoms with E-state index in [2.05, 4.69) is 45.4 Å². The molecule has 0 amide bonds. The summed E-state index contributed by atoms with van der Waals surface area (Å²) in [4.78, 5) is 0. The van der Waals surface area contributed by atoms with E-state index in [1.54, 1.807) is 0 Å². The zero-order valence-corrected chi connectivity index (χ0v) is 10.2. The van der Waals surface area contributed by atoms with Crippen molar-refractivity contribution in [3.63, 3.8) is 0 Å². The molecule has 4 heteroatoms. The maximum atomic E-state index is 4.13. The first-order valence-electron chi connectivity index (χ1n) is 4.80. The van der Waals surface area contributed by atoms with Crippen LogP contribution in [-0.2, 0) is 7.05 Å². The Balaban J connectivity index is 2.43. The van der Waals surface area contributed by atoms with Crippen molar-refractivity contribution in [2.24, 2.45) is 7.05 Å². The van der Waals surface area contributed by atoms with E-state index in [0.717, 1.165) is 29.7 Å². The number of hydrogen-bond donors (Lipinski definition) is 1. The first-order chi connectivity index (χ1) is 6.75. The van der Waals surface area contributed by atoms with Crippen LogP contribution in [0.2, 0.25) is 0 Å². The van der Waals surface area contributed by atoms with Crippen LogP contribution >= 0.6 is 15.9 Å². The van der Waals surface area contributed by atoms with Crippen molar-refractivity contribution in [3.8, 4) is 0 Å². The molecule has 78 valence electrons. The Morgan fingerprint density at radius 2 is 2.43 bits per heavy atom. The smallest absolute Gasteiger partial charge is 0.0745 e. The summed E-state index contributed by atoms with van der Waals surface area (Å²) >= 11 is 3.45. The third-order valence-corrected chi connectivity index (χ3v) is 2.56. The second-order valence-corrected chi connectivity index (χ2v) is 3.90.